The Morgan fingerprint density at radius 1 is 1.35 bits per heavy atom. The number of nitrogens with one attached hydrogen (secondary N) is 1. The molecule has 1 aliphatic carbocycles. The van der Waals surface area contributed by atoms with E-state index in [0.29, 0.717) is 24.4 Å². The summed E-state index contributed by atoms with van der Waals surface area (Å²) in [5.41, 5.74) is 5.95. The standard InChI is InChI=1S/C16H31N3O/c1-11-5-4-6-15(12(11)2)18-16(20)10-19-8-7-14(9-19)13(3)17/h11-15H,4-10,17H2,1-3H3,(H,18,20). The van der Waals surface area contributed by atoms with Gasteiger partial charge in [0.05, 0.1) is 6.54 Å². The highest BCUT2D eigenvalue weighted by molar-refractivity contribution is 5.78. The first-order valence-corrected chi connectivity index (χ1v) is 8.24. The Labute approximate surface area is 123 Å². The fraction of sp³-hybridized carbons (Fsp3) is 0.938. The van der Waals surface area contributed by atoms with Crippen LogP contribution < -0.4 is 11.1 Å². The topological polar surface area (TPSA) is 58.4 Å². The zero-order chi connectivity index (χ0) is 14.7. The molecule has 2 rings (SSSR count). The van der Waals surface area contributed by atoms with Crippen molar-refractivity contribution < 1.29 is 4.79 Å². The lowest BCUT2D eigenvalue weighted by atomic mass is 9.78. The quantitative estimate of drug-likeness (QED) is 0.823. The molecule has 0 bridgehead atoms. The molecule has 2 fully saturated rings. The largest absolute Gasteiger partial charge is 0.352 e. The number of rotatable bonds is 4. The number of carbonyl (C=O) groups is 1. The van der Waals surface area contributed by atoms with Crippen LogP contribution in [0.15, 0.2) is 0 Å². The van der Waals surface area contributed by atoms with Crippen LogP contribution in [0.2, 0.25) is 0 Å². The van der Waals surface area contributed by atoms with Gasteiger partial charge in [-0.05, 0) is 44.1 Å². The van der Waals surface area contributed by atoms with Crippen molar-refractivity contribution in [2.45, 2.75) is 58.5 Å². The smallest absolute Gasteiger partial charge is 0.234 e. The first-order valence-electron chi connectivity index (χ1n) is 8.24. The highest BCUT2D eigenvalue weighted by atomic mass is 16.2. The number of nitrogens with two attached hydrogens (primary N) is 1. The summed E-state index contributed by atoms with van der Waals surface area (Å²) in [6, 6.07) is 0.611. The van der Waals surface area contributed by atoms with Gasteiger partial charge >= 0.3 is 0 Å². The SMILES string of the molecule is CC(N)C1CCN(CC(=O)NC2CCCC(C)C2C)C1. The van der Waals surface area contributed by atoms with E-state index in [-0.39, 0.29) is 11.9 Å². The molecule has 0 aromatic carbocycles. The van der Waals surface area contributed by atoms with E-state index in [4.69, 9.17) is 5.73 Å². The van der Waals surface area contributed by atoms with Crippen molar-refractivity contribution in [1.29, 1.82) is 0 Å². The van der Waals surface area contributed by atoms with Crippen LogP contribution in [-0.2, 0) is 4.79 Å². The van der Waals surface area contributed by atoms with Crippen molar-refractivity contribution in [3.05, 3.63) is 0 Å². The molecule has 0 radical (unpaired) electrons. The van der Waals surface area contributed by atoms with Crippen molar-refractivity contribution in [1.82, 2.24) is 10.2 Å². The van der Waals surface area contributed by atoms with Gasteiger partial charge in [0, 0.05) is 18.6 Å². The minimum absolute atomic E-state index is 0.196. The highest BCUT2D eigenvalue weighted by Gasteiger charge is 2.30. The lowest BCUT2D eigenvalue weighted by Crippen LogP contribution is -2.47. The zero-order valence-electron chi connectivity index (χ0n) is 13.3. The molecule has 20 heavy (non-hydrogen) atoms. The Bertz CT molecular complexity index is 332. The second-order valence-electron chi connectivity index (χ2n) is 7.08. The lowest BCUT2D eigenvalue weighted by Gasteiger charge is -2.35. The average molecular weight is 281 g/mol. The van der Waals surface area contributed by atoms with Gasteiger partial charge in [-0.1, -0.05) is 26.7 Å². The summed E-state index contributed by atoms with van der Waals surface area (Å²) >= 11 is 0. The molecule has 5 unspecified atom stereocenters. The molecule has 4 nitrogen and oxygen atoms in total. The van der Waals surface area contributed by atoms with Crippen LogP contribution in [0.1, 0.15) is 46.5 Å². The summed E-state index contributed by atoms with van der Waals surface area (Å²) in [6.45, 7) is 9.17. The van der Waals surface area contributed by atoms with Crippen LogP contribution in [0.5, 0.6) is 0 Å². The predicted octanol–water partition coefficient (Wildman–Crippen LogP) is 1.60. The molecule has 116 valence electrons. The van der Waals surface area contributed by atoms with Crippen LogP contribution >= 0.6 is 0 Å². The summed E-state index contributed by atoms with van der Waals surface area (Å²) < 4.78 is 0. The van der Waals surface area contributed by atoms with Crippen molar-refractivity contribution >= 4 is 5.91 Å². The summed E-state index contributed by atoms with van der Waals surface area (Å²) in [4.78, 5) is 14.5. The van der Waals surface area contributed by atoms with Gasteiger partial charge in [-0.3, -0.25) is 9.69 Å². The van der Waals surface area contributed by atoms with Gasteiger partial charge in [-0.2, -0.15) is 0 Å². The molecular weight excluding hydrogens is 250 g/mol. The van der Waals surface area contributed by atoms with E-state index < -0.39 is 0 Å². The molecule has 2 aliphatic rings. The minimum Gasteiger partial charge on any atom is -0.352 e. The van der Waals surface area contributed by atoms with Crippen LogP contribution in [-0.4, -0.2) is 42.5 Å². The van der Waals surface area contributed by atoms with E-state index in [1.807, 2.05) is 0 Å². The number of hydrogen-bond acceptors (Lipinski definition) is 3. The number of amides is 1. The van der Waals surface area contributed by atoms with E-state index in [1.165, 1.54) is 12.8 Å². The first kappa shape index (κ1) is 15.8. The average Bonchev–Trinajstić information content (AvgIpc) is 2.83. The normalized spacial score (nSPS) is 36.8. The van der Waals surface area contributed by atoms with Crippen LogP contribution in [0.4, 0.5) is 0 Å². The Morgan fingerprint density at radius 2 is 2.10 bits per heavy atom. The maximum Gasteiger partial charge on any atom is 0.234 e. The van der Waals surface area contributed by atoms with Gasteiger partial charge in [0.1, 0.15) is 0 Å². The number of nitrogens with zero attached hydrogens (tertiary/aromatic N) is 1. The number of hydrogen-bond donors (Lipinski definition) is 2. The van der Waals surface area contributed by atoms with Crippen molar-refractivity contribution in [2.24, 2.45) is 23.5 Å². The highest BCUT2D eigenvalue weighted by Crippen LogP contribution is 2.29. The molecule has 1 heterocycles. The van der Waals surface area contributed by atoms with Gasteiger partial charge < -0.3 is 11.1 Å². The Kier molecular flexibility index (Phi) is 5.44. The van der Waals surface area contributed by atoms with Crippen molar-refractivity contribution in [3.8, 4) is 0 Å². The van der Waals surface area contributed by atoms with Crippen LogP contribution in [0.25, 0.3) is 0 Å². The second kappa shape index (κ2) is 6.90. The molecular formula is C16H31N3O. The maximum atomic E-state index is 12.2. The van der Waals surface area contributed by atoms with Crippen LogP contribution in [0.3, 0.4) is 0 Å². The molecule has 5 atom stereocenters. The Balaban J connectivity index is 1.75. The molecule has 3 N–H and O–H groups in total. The van der Waals surface area contributed by atoms with Crippen molar-refractivity contribution in [2.75, 3.05) is 19.6 Å². The number of likely N-dealkylation sites (tertiary alicyclic amines) is 1. The van der Waals surface area contributed by atoms with Gasteiger partial charge in [0.25, 0.3) is 0 Å². The van der Waals surface area contributed by atoms with Gasteiger partial charge in [0.15, 0.2) is 0 Å². The van der Waals surface area contributed by atoms with E-state index in [0.717, 1.165) is 31.8 Å². The van der Waals surface area contributed by atoms with E-state index in [2.05, 4.69) is 31.0 Å². The molecule has 0 aromatic heterocycles. The lowest BCUT2D eigenvalue weighted by molar-refractivity contribution is -0.123. The fourth-order valence-corrected chi connectivity index (χ4v) is 3.68. The molecule has 1 saturated carbocycles. The Morgan fingerprint density at radius 3 is 2.75 bits per heavy atom. The number of carbonyl (C=O) groups excluding carboxylic acids is 1. The van der Waals surface area contributed by atoms with Gasteiger partial charge in [0.2, 0.25) is 5.91 Å². The summed E-state index contributed by atoms with van der Waals surface area (Å²) in [5, 5.41) is 3.26. The monoisotopic (exact) mass is 281 g/mol. The summed E-state index contributed by atoms with van der Waals surface area (Å²) in [7, 11) is 0. The molecule has 1 saturated heterocycles. The zero-order valence-corrected chi connectivity index (χ0v) is 13.3. The molecule has 4 heteroatoms. The fourth-order valence-electron chi connectivity index (χ4n) is 3.68. The third kappa shape index (κ3) is 3.95. The second-order valence-corrected chi connectivity index (χ2v) is 7.08. The Hall–Kier alpha value is -0.610. The summed E-state index contributed by atoms with van der Waals surface area (Å²) in [6.07, 6.45) is 4.81. The summed E-state index contributed by atoms with van der Waals surface area (Å²) in [5.74, 6) is 2.07. The van der Waals surface area contributed by atoms with E-state index in [9.17, 15) is 4.79 Å². The molecule has 0 aromatic rings. The molecule has 0 spiro atoms. The van der Waals surface area contributed by atoms with Crippen molar-refractivity contribution in [3.63, 3.8) is 0 Å². The third-order valence-corrected chi connectivity index (χ3v) is 5.47. The maximum absolute atomic E-state index is 12.2. The van der Waals surface area contributed by atoms with E-state index >= 15 is 0 Å². The molecule has 1 amide bonds. The predicted molar refractivity (Wildman–Crippen MR) is 82.3 cm³/mol. The minimum atomic E-state index is 0.196. The van der Waals surface area contributed by atoms with E-state index in [1.54, 1.807) is 0 Å². The van der Waals surface area contributed by atoms with Gasteiger partial charge in [-0.25, -0.2) is 0 Å². The van der Waals surface area contributed by atoms with Crippen LogP contribution in [0, 0.1) is 17.8 Å². The molecule has 1 aliphatic heterocycles. The van der Waals surface area contributed by atoms with Gasteiger partial charge in [-0.15, -0.1) is 0 Å². The third-order valence-electron chi connectivity index (χ3n) is 5.47. The first-order chi connectivity index (χ1) is 9.47.